The summed E-state index contributed by atoms with van der Waals surface area (Å²) in [6, 6.07) is 12.1. The number of rotatable bonds is 9. The van der Waals surface area contributed by atoms with E-state index in [9.17, 15) is 14.4 Å². The molecule has 0 aromatic heterocycles. The molecule has 0 aliphatic carbocycles. The normalized spacial score (nSPS) is 18.0. The van der Waals surface area contributed by atoms with E-state index >= 15 is 0 Å². The van der Waals surface area contributed by atoms with Crippen LogP contribution in [0.5, 0.6) is 17.2 Å². The van der Waals surface area contributed by atoms with Crippen molar-refractivity contribution >= 4 is 29.1 Å². The molecule has 2 fully saturated rings. The summed E-state index contributed by atoms with van der Waals surface area (Å²) >= 11 is 0. The van der Waals surface area contributed by atoms with Crippen LogP contribution in [0.15, 0.2) is 42.5 Å². The topological polar surface area (TPSA) is 113 Å². The fourth-order valence-corrected chi connectivity index (χ4v) is 4.76. The van der Waals surface area contributed by atoms with Crippen molar-refractivity contribution < 1.29 is 28.6 Å². The predicted octanol–water partition coefficient (Wildman–Crippen LogP) is 1.19. The van der Waals surface area contributed by atoms with Crippen LogP contribution in [-0.4, -0.2) is 101 Å². The first-order valence-corrected chi connectivity index (χ1v) is 12.6. The minimum absolute atomic E-state index is 0.161. The highest BCUT2D eigenvalue weighted by atomic mass is 16.5. The molecule has 2 aromatic rings. The summed E-state index contributed by atoms with van der Waals surface area (Å²) in [5, 5.41) is 5.56. The molecule has 11 heteroatoms. The highest BCUT2D eigenvalue weighted by molar-refractivity contribution is 5.98. The Bertz CT molecular complexity index is 1150. The molecule has 204 valence electrons. The van der Waals surface area contributed by atoms with Gasteiger partial charge in [-0.1, -0.05) is 6.07 Å². The van der Waals surface area contributed by atoms with Crippen LogP contribution in [0, 0.1) is 0 Å². The van der Waals surface area contributed by atoms with Crippen LogP contribution in [0.2, 0.25) is 0 Å². The van der Waals surface area contributed by atoms with E-state index in [0.717, 1.165) is 24.5 Å². The molecule has 2 heterocycles. The highest BCUT2D eigenvalue weighted by Gasteiger charge is 2.35. The Balaban J connectivity index is 1.35. The molecule has 1 unspecified atom stereocenters. The molecule has 2 aliphatic rings. The fraction of sp³-hybridized carbons (Fsp3) is 0.444. The summed E-state index contributed by atoms with van der Waals surface area (Å²) in [6.45, 7) is 3.88. The third-order valence-electron chi connectivity index (χ3n) is 6.86. The zero-order chi connectivity index (χ0) is 27.1. The second kappa shape index (κ2) is 12.5. The zero-order valence-corrected chi connectivity index (χ0v) is 22.1. The molecule has 0 saturated carbocycles. The smallest absolute Gasteiger partial charge is 0.243 e. The average Bonchev–Trinajstić information content (AvgIpc) is 2.94. The van der Waals surface area contributed by atoms with Crippen molar-refractivity contribution in [2.24, 2.45) is 0 Å². The van der Waals surface area contributed by atoms with Crippen molar-refractivity contribution in [2.75, 3.05) is 77.4 Å². The van der Waals surface area contributed by atoms with E-state index < -0.39 is 11.9 Å². The maximum absolute atomic E-state index is 13.3. The van der Waals surface area contributed by atoms with Crippen LogP contribution in [0.4, 0.5) is 11.4 Å². The Morgan fingerprint density at radius 1 is 0.947 bits per heavy atom. The molecule has 2 aliphatic heterocycles. The van der Waals surface area contributed by atoms with E-state index in [1.807, 2.05) is 24.3 Å². The van der Waals surface area contributed by atoms with Crippen molar-refractivity contribution in [3.8, 4) is 17.2 Å². The number of carbonyl (C=O) groups is 3. The van der Waals surface area contributed by atoms with Crippen molar-refractivity contribution in [3.63, 3.8) is 0 Å². The van der Waals surface area contributed by atoms with E-state index in [1.54, 1.807) is 25.3 Å². The van der Waals surface area contributed by atoms with E-state index in [1.165, 1.54) is 19.1 Å². The van der Waals surface area contributed by atoms with Crippen molar-refractivity contribution in [3.05, 3.63) is 42.5 Å². The lowest BCUT2D eigenvalue weighted by Gasteiger charge is -2.39. The summed E-state index contributed by atoms with van der Waals surface area (Å²) in [7, 11) is 4.68. The van der Waals surface area contributed by atoms with Gasteiger partial charge in [0.25, 0.3) is 0 Å². The molecular formula is C27H35N5O6. The van der Waals surface area contributed by atoms with Crippen molar-refractivity contribution in [1.29, 1.82) is 0 Å². The number of methoxy groups -OCH3 is 3. The van der Waals surface area contributed by atoms with E-state index in [0.29, 0.717) is 43.4 Å². The average molecular weight is 526 g/mol. The van der Waals surface area contributed by atoms with Gasteiger partial charge in [0, 0.05) is 57.1 Å². The Morgan fingerprint density at radius 3 is 2.39 bits per heavy atom. The van der Waals surface area contributed by atoms with Crippen LogP contribution in [0.1, 0.15) is 6.42 Å². The second-order valence-electron chi connectivity index (χ2n) is 9.18. The number of piperazine rings is 2. The van der Waals surface area contributed by atoms with Crippen LogP contribution < -0.4 is 29.7 Å². The maximum atomic E-state index is 13.3. The predicted molar refractivity (Wildman–Crippen MR) is 143 cm³/mol. The number of ether oxygens (including phenoxy) is 3. The zero-order valence-electron chi connectivity index (χ0n) is 22.1. The van der Waals surface area contributed by atoms with Crippen molar-refractivity contribution in [2.45, 2.75) is 12.5 Å². The lowest BCUT2D eigenvalue weighted by molar-refractivity contribution is -0.145. The standard InChI is InChI=1S/C27H35N5O6/c1-36-20-6-4-5-19(15-20)31-13-11-30(12-14-31)18-26(34)32-10-9-28-27(35)23(32)17-25(33)29-22-16-21(37-2)7-8-24(22)38-3/h4-8,15-16,23H,9-14,17-18H2,1-3H3,(H,28,35)(H,29,33). The van der Waals surface area contributed by atoms with Crippen molar-refractivity contribution in [1.82, 2.24) is 15.1 Å². The van der Waals surface area contributed by atoms with Gasteiger partial charge in [-0.25, -0.2) is 0 Å². The fourth-order valence-electron chi connectivity index (χ4n) is 4.76. The molecule has 0 spiro atoms. The molecule has 3 amide bonds. The van der Waals surface area contributed by atoms with Gasteiger partial charge in [0.2, 0.25) is 17.7 Å². The number of nitrogens with one attached hydrogen (secondary N) is 2. The first-order chi connectivity index (χ1) is 18.4. The van der Waals surface area contributed by atoms with Crippen LogP contribution >= 0.6 is 0 Å². The molecule has 4 rings (SSSR count). The van der Waals surface area contributed by atoms with Gasteiger partial charge in [0.15, 0.2) is 0 Å². The first kappa shape index (κ1) is 27.1. The van der Waals surface area contributed by atoms with Gasteiger partial charge < -0.3 is 34.6 Å². The summed E-state index contributed by atoms with van der Waals surface area (Å²) < 4.78 is 15.9. The highest BCUT2D eigenvalue weighted by Crippen LogP contribution is 2.29. The number of amides is 3. The van der Waals surface area contributed by atoms with Gasteiger partial charge in [-0.15, -0.1) is 0 Å². The molecule has 2 saturated heterocycles. The Labute approximate surface area is 222 Å². The molecule has 0 radical (unpaired) electrons. The third kappa shape index (κ3) is 6.46. The van der Waals surface area contributed by atoms with Crippen LogP contribution in [0.25, 0.3) is 0 Å². The Morgan fingerprint density at radius 2 is 1.68 bits per heavy atom. The summed E-state index contributed by atoms with van der Waals surface area (Å²) in [4.78, 5) is 44.8. The van der Waals surface area contributed by atoms with Gasteiger partial charge in [-0.2, -0.15) is 0 Å². The number of anilines is 2. The number of benzene rings is 2. The van der Waals surface area contributed by atoms with E-state index in [2.05, 4.69) is 20.4 Å². The number of hydrogen-bond donors (Lipinski definition) is 2. The molecule has 2 aromatic carbocycles. The quantitative estimate of drug-likeness (QED) is 0.502. The van der Waals surface area contributed by atoms with Gasteiger partial charge in [0.1, 0.15) is 23.3 Å². The van der Waals surface area contributed by atoms with Gasteiger partial charge in [0.05, 0.1) is 40.0 Å². The molecule has 11 nitrogen and oxygen atoms in total. The third-order valence-corrected chi connectivity index (χ3v) is 6.86. The lowest BCUT2D eigenvalue weighted by atomic mass is 10.1. The SMILES string of the molecule is COc1cccc(N2CCN(CC(=O)N3CCNC(=O)C3CC(=O)Nc3cc(OC)ccc3OC)CC2)c1. The minimum atomic E-state index is -0.883. The number of carbonyl (C=O) groups excluding carboxylic acids is 3. The Hall–Kier alpha value is -3.99. The van der Waals surface area contributed by atoms with E-state index in [4.69, 9.17) is 14.2 Å². The summed E-state index contributed by atoms with van der Waals surface area (Å²) in [6.07, 6.45) is -0.165. The maximum Gasteiger partial charge on any atom is 0.243 e. The van der Waals surface area contributed by atoms with Gasteiger partial charge in [-0.3, -0.25) is 19.3 Å². The molecule has 1 atom stereocenters. The largest absolute Gasteiger partial charge is 0.497 e. The Kier molecular flexibility index (Phi) is 8.90. The molecular weight excluding hydrogens is 490 g/mol. The summed E-state index contributed by atoms with van der Waals surface area (Å²) in [5.74, 6) is 0.937. The molecule has 0 bridgehead atoms. The van der Waals surface area contributed by atoms with E-state index in [-0.39, 0.29) is 24.8 Å². The second-order valence-corrected chi connectivity index (χ2v) is 9.18. The monoisotopic (exact) mass is 525 g/mol. The number of hydrogen-bond acceptors (Lipinski definition) is 8. The van der Waals surface area contributed by atoms with Gasteiger partial charge >= 0.3 is 0 Å². The summed E-state index contributed by atoms with van der Waals surface area (Å²) in [5.41, 5.74) is 1.52. The van der Waals surface area contributed by atoms with Crippen LogP contribution in [0.3, 0.4) is 0 Å². The first-order valence-electron chi connectivity index (χ1n) is 12.6. The molecule has 38 heavy (non-hydrogen) atoms. The molecule has 2 N–H and O–H groups in total. The minimum Gasteiger partial charge on any atom is -0.497 e. The number of nitrogens with zero attached hydrogens (tertiary/aromatic N) is 3. The lowest BCUT2D eigenvalue weighted by Crippen LogP contribution is -2.60. The van der Waals surface area contributed by atoms with Gasteiger partial charge in [-0.05, 0) is 24.3 Å². The van der Waals surface area contributed by atoms with Crippen LogP contribution in [-0.2, 0) is 14.4 Å².